The zero-order valence-corrected chi connectivity index (χ0v) is 10.1. The summed E-state index contributed by atoms with van der Waals surface area (Å²) < 4.78 is 0. The third kappa shape index (κ3) is 1.69. The lowest BCUT2D eigenvalue weighted by atomic mass is 10.3. The summed E-state index contributed by atoms with van der Waals surface area (Å²) in [5, 5.41) is 2.85. The Morgan fingerprint density at radius 1 is 1.17 bits per heavy atom. The molecular weight excluding hydrogens is 232 g/mol. The van der Waals surface area contributed by atoms with E-state index < -0.39 is 0 Å². The predicted molar refractivity (Wildman–Crippen MR) is 66.0 cm³/mol. The first-order valence-corrected chi connectivity index (χ1v) is 5.63. The summed E-state index contributed by atoms with van der Waals surface area (Å²) in [6, 6.07) is 7.65. The molecule has 7 heteroatoms. The maximum absolute atomic E-state index is 11.6. The molecule has 0 saturated carbocycles. The van der Waals surface area contributed by atoms with Crippen LogP contribution in [0.2, 0.25) is 0 Å². The van der Waals surface area contributed by atoms with Crippen molar-refractivity contribution < 1.29 is 4.79 Å². The van der Waals surface area contributed by atoms with E-state index in [1.54, 1.807) is 14.1 Å². The zero-order chi connectivity index (χ0) is 12.7. The number of aromatic amines is 1. The van der Waals surface area contributed by atoms with Gasteiger partial charge in [-0.15, -0.1) is 0 Å². The van der Waals surface area contributed by atoms with Crippen molar-refractivity contribution in [2.45, 2.75) is 6.17 Å². The number of nitrogens with zero attached hydrogens (tertiary/aromatic N) is 3. The minimum Gasteiger partial charge on any atom is -0.339 e. The third-order valence-electron chi connectivity index (χ3n) is 2.90. The Labute approximate surface area is 104 Å². The van der Waals surface area contributed by atoms with Gasteiger partial charge in [-0.2, -0.15) is 0 Å². The van der Waals surface area contributed by atoms with Gasteiger partial charge in [-0.3, -0.25) is 10.0 Å². The van der Waals surface area contributed by atoms with Gasteiger partial charge in [0.15, 0.2) is 6.17 Å². The second-order valence-corrected chi connectivity index (χ2v) is 4.23. The SMILES string of the molecule is CN1NC(c2nc3ccccc3[nH]2)NN(C)C1=O. The lowest BCUT2D eigenvalue weighted by Gasteiger charge is -2.36. The van der Waals surface area contributed by atoms with Crippen LogP contribution in [-0.2, 0) is 0 Å². The first-order valence-electron chi connectivity index (χ1n) is 5.63. The maximum atomic E-state index is 11.6. The number of rotatable bonds is 1. The van der Waals surface area contributed by atoms with Crippen LogP contribution in [0.25, 0.3) is 11.0 Å². The minimum absolute atomic E-state index is 0.151. The van der Waals surface area contributed by atoms with Crippen LogP contribution in [0.3, 0.4) is 0 Å². The van der Waals surface area contributed by atoms with Crippen LogP contribution in [0, 0.1) is 0 Å². The lowest BCUT2D eigenvalue weighted by Crippen LogP contribution is -2.62. The summed E-state index contributed by atoms with van der Waals surface area (Å²) in [7, 11) is 3.35. The number of aromatic nitrogens is 2. The van der Waals surface area contributed by atoms with E-state index in [9.17, 15) is 4.79 Å². The van der Waals surface area contributed by atoms with Crippen molar-refractivity contribution in [3.05, 3.63) is 30.1 Å². The largest absolute Gasteiger partial charge is 0.348 e. The van der Waals surface area contributed by atoms with E-state index >= 15 is 0 Å². The molecule has 1 aromatic carbocycles. The molecule has 0 atom stereocenters. The fourth-order valence-electron chi connectivity index (χ4n) is 1.98. The van der Waals surface area contributed by atoms with Crippen molar-refractivity contribution in [2.75, 3.05) is 14.1 Å². The molecule has 2 amide bonds. The number of hydrazine groups is 2. The number of carbonyl (C=O) groups is 1. The van der Waals surface area contributed by atoms with Gasteiger partial charge in [-0.25, -0.2) is 20.6 Å². The molecule has 0 unspecified atom stereocenters. The van der Waals surface area contributed by atoms with E-state index in [2.05, 4.69) is 20.8 Å². The van der Waals surface area contributed by atoms with Crippen LogP contribution in [0.5, 0.6) is 0 Å². The van der Waals surface area contributed by atoms with Crippen molar-refractivity contribution in [1.29, 1.82) is 0 Å². The molecule has 18 heavy (non-hydrogen) atoms. The van der Waals surface area contributed by atoms with Gasteiger partial charge in [0, 0.05) is 14.1 Å². The number of hydrogen-bond donors (Lipinski definition) is 3. The van der Waals surface area contributed by atoms with Crippen molar-refractivity contribution in [2.24, 2.45) is 0 Å². The Bertz CT molecular complexity index is 547. The fraction of sp³-hybridized carbons (Fsp3) is 0.273. The topological polar surface area (TPSA) is 76.3 Å². The first-order chi connectivity index (χ1) is 8.65. The summed E-state index contributed by atoms with van der Waals surface area (Å²) in [4.78, 5) is 19.3. The van der Waals surface area contributed by atoms with Crippen molar-refractivity contribution in [3.63, 3.8) is 0 Å². The third-order valence-corrected chi connectivity index (χ3v) is 2.90. The van der Waals surface area contributed by atoms with Crippen LogP contribution in [0.1, 0.15) is 12.0 Å². The molecule has 0 bridgehead atoms. The Balaban J connectivity index is 1.92. The molecule has 0 aliphatic carbocycles. The number of urea groups is 1. The number of para-hydroxylation sites is 2. The van der Waals surface area contributed by atoms with Crippen LogP contribution < -0.4 is 10.9 Å². The molecular formula is C11H14N6O. The zero-order valence-electron chi connectivity index (χ0n) is 10.1. The van der Waals surface area contributed by atoms with Crippen LogP contribution >= 0.6 is 0 Å². The Hall–Kier alpha value is -2.12. The van der Waals surface area contributed by atoms with E-state index in [-0.39, 0.29) is 12.2 Å². The number of fused-ring (bicyclic) bond motifs is 1. The highest BCUT2D eigenvalue weighted by Crippen LogP contribution is 2.16. The Morgan fingerprint density at radius 3 is 2.50 bits per heavy atom. The van der Waals surface area contributed by atoms with Gasteiger partial charge in [0.1, 0.15) is 5.82 Å². The molecule has 1 saturated heterocycles. The number of hydrogen-bond acceptors (Lipinski definition) is 4. The van der Waals surface area contributed by atoms with E-state index in [1.807, 2.05) is 24.3 Å². The van der Waals surface area contributed by atoms with Gasteiger partial charge >= 0.3 is 6.03 Å². The van der Waals surface area contributed by atoms with Gasteiger partial charge < -0.3 is 4.98 Å². The van der Waals surface area contributed by atoms with E-state index in [1.165, 1.54) is 10.0 Å². The van der Waals surface area contributed by atoms with Crippen molar-refractivity contribution in [1.82, 2.24) is 30.8 Å². The molecule has 1 aromatic heterocycles. The normalized spacial score (nSPS) is 17.8. The fourth-order valence-corrected chi connectivity index (χ4v) is 1.98. The number of nitrogens with one attached hydrogen (secondary N) is 3. The number of imidazole rings is 1. The second kappa shape index (κ2) is 3.97. The molecule has 7 nitrogen and oxygen atoms in total. The highest BCUT2D eigenvalue weighted by Gasteiger charge is 2.28. The molecule has 1 aliphatic rings. The Morgan fingerprint density at radius 2 is 1.83 bits per heavy atom. The summed E-state index contributed by atoms with van der Waals surface area (Å²) in [6.45, 7) is 0. The molecule has 3 N–H and O–H groups in total. The minimum atomic E-state index is -0.259. The van der Waals surface area contributed by atoms with Crippen molar-refractivity contribution >= 4 is 17.1 Å². The average molecular weight is 246 g/mol. The monoisotopic (exact) mass is 246 g/mol. The number of benzene rings is 1. The summed E-state index contributed by atoms with van der Waals surface area (Å²) in [5.74, 6) is 0.738. The number of H-pyrrole nitrogens is 1. The number of amides is 2. The molecule has 2 heterocycles. The van der Waals surface area contributed by atoms with Crippen LogP contribution in [0.4, 0.5) is 4.79 Å². The smallest absolute Gasteiger partial charge is 0.339 e. The molecule has 1 aliphatic heterocycles. The maximum Gasteiger partial charge on any atom is 0.348 e. The first kappa shape index (κ1) is 11.0. The summed E-state index contributed by atoms with van der Waals surface area (Å²) >= 11 is 0. The average Bonchev–Trinajstić information content (AvgIpc) is 2.79. The van der Waals surface area contributed by atoms with Gasteiger partial charge in [0.2, 0.25) is 0 Å². The predicted octanol–water partition coefficient (Wildman–Crippen LogP) is 0.568. The van der Waals surface area contributed by atoms with Crippen molar-refractivity contribution in [3.8, 4) is 0 Å². The molecule has 1 fully saturated rings. The van der Waals surface area contributed by atoms with E-state index in [0.717, 1.165) is 16.9 Å². The van der Waals surface area contributed by atoms with E-state index in [0.29, 0.717) is 0 Å². The highest BCUT2D eigenvalue weighted by molar-refractivity contribution is 5.75. The molecule has 0 spiro atoms. The molecule has 0 radical (unpaired) electrons. The quantitative estimate of drug-likeness (QED) is 0.687. The second-order valence-electron chi connectivity index (χ2n) is 4.23. The van der Waals surface area contributed by atoms with Crippen LogP contribution in [0.15, 0.2) is 24.3 Å². The van der Waals surface area contributed by atoms with Gasteiger partial charge in [0.25, 0.3) is 0 Å². The van der Waals surface area contributed by atoms with Gasteiger partial charge in [-0.05, 0) is 12.1 Å². The van der Waals surface area contributed by atoms with Gasteiger partial charge in [-0.1, -0.05) is 12.1 Å². The molecule has 94 valence electrons. The standard InChI is InChI=1S/C11H14N6O/c1-16-11(18)17(2)15-10(14-16)9-12-7-5-3-4-6-8(7)13-9/h3-6,10,14-15H,1-2H3,(H,12,13). The van der Waals surface area contributed by atoms with Gasteiger partial charge in [0.05, 0.1) is 11.0 Å². The Kier molecular flexibility index (Phi) is 2.42. The molecule has 3 rings (SSSR count). The summed E-state index contributed by atoms with van der Waals surface area (Å²) in [5.41, 5.74) is 7.89. The molecule has 2 aromatic rings. The van der Waals surface area contributed by atoms with Crippen LogP contribution in [-0.4, -0.2) is 40.1 Å². The summed E-state index contributed by atoms with van der Waals surface area (Å²) in [6.07, 6.45) is -0.259. The highest BCUT2D eigenvalue weighted by atomic mass is 16.2. The number of carbonyl (C=O) groups excluding carboxylic acids is 1. The van der Waals surface area contributed by atoms with E-state index in [4.69, 9.17) is 0 Å². The lowest BCUT2D eigenvalue weighted by molar-refractivity contribution is 0.0554.